The van der Waals surface area contributed by atoms with Crippen molar-refractivity contribution in [1.29, 1.82) is 0 Å². The molecule has 54 valence electrons. The fourth-order valence-electron chi connectivity index (χ4n) is 0.650. The van der Waals surface area contributed by atoms with Crippen LogP contribution in [0, 0.1) is 0 Å². The van der Waals surface area contributed by atoms with Crippen LogP contribution in [0.5, 0.6) is 5.75 Å². The summed E-state index contributed by atoms with van der Waals surface area (Å²) in [6.45, 7) is 0. The van der Waals surface area contributed by atoms with Gasteiger partial charge in [-0.25, -0.2) is 5.26 Å². The highest BCUT2D eigenvalue weighted by molar-refractivity contribution is 5.60. The molecule has 5 N–H and O–H groups in total. The molecule has 0 amide bonds. The van der Waals surface area contributed by atoms with Gasteiger partial charge < -0.3 is 16.4 Å². The van der Waals surface area contributed by atoms with Crippen LogP contribution in [0.1, 0.15) is 0 Å². The van der Waals surface area contributed by atoms with Crippen molar-refractivity contribution in [3.8, 4) is 5.75 Å². The first-order valence-corrected chi connectivity index (χ1v) is 2.70. The molecule has 0 aromatic heterocycles. The van der Waals surface area contributed by atoms with E-state index < -0.39 is 0 Å². The normalized spacial score (nSPS) is 9.30. The van der Waals surface area contributed by atoms with Crippen LogP contribution in [0.2, 0.25) is 0 Å². The van der Waals surface area contributed by atoms with E-state index in [0.29, 0.717) is 11.4 Å². The number of hydrogen-bond acceptors (Lipinski definition) is 4. The number of nitrogens with two attached hydrogens (primary N) is 2. The second-order valence-corrected chi connectivity index (χ2v) is 1.89. The van der Waals surface area contributed by atoms with Crippen molar-refractivity contribution in [2.75, 3.05) is 11.5 Å². The maximum atomic E-state index is 8.19. The average molecular weight is 140 g/mol. The Morgan fingerprint density at radius 1 is 1.30 bits per heavy atom. The summed E-state index contributed by atoms with van der Waals surface area (Å²) in [5.41, 5.74) is 11.6. The molecule has 4 nitrogen and oxygen atoms in total. The largest absolute Gasteiger partial charge is 0.399 e. The lowest BCUT2D eigenvalue weighted by atomic mass is 10.3. The molecule has 0 atom stereocenters. The van der Waals surface area contributed by atoms with Crippen molar-refractivity contribution in [2.24, 2.45) is 0 Å². The van der Waals surface area contributed by atoms with Crippen molar-refractivity contribution in [3.05, 3.63) is 18.2 Å². The van der Waals surface area contributed by atoms with Gasteiger partial charge >= 0.3 is 0 Å². The maximum absolute atomic E-state index is 8.19. The molecule has 0 fully saturated rings. The molecule has 10 heavy (non-hydrogen) atoms. The summed E-state index contributed by atoms with van der Waals surface area (Å²) in [4.78, 5) is 3.92. The van der Waals surface area contributed by atoms with Gasteiger partial charge in [-0.05, 0) is 18.2 Å². The Hall–Kier alpha value is -1.42. The molecule has 0 aliphatic heterocycles. The molecule has 0 unspecified atom stereocenters. The molecule has 4 heteroatoms. The Morgan fingerprint density at radius 3 is 2.50 bits per heavy atom. The van der Waals surface area contributed by atoms with E-state index in [2.05, 4.69) is 4.89 Å². The van der Waals surface area contributed by atoms with Gasteiger partial charge in [0.05, 0.1) is 5.69 Å². The van der Waals surface area contributed by atoms with Crippen LogP contribution in [0.4, 0.5) is 11.4 Å². The Balaban J connectivity index is 3.07. The van der Waals surface area contributed by atoms with Crippen molar-refractivity contribution >= 4 is 11.4 Å². The second-order valence-electron chi connectivity index (χ2n) is 1.89. The summed E-state index contributed by atoms with van der Waals surface area (Å²) in [7, 11) is 0. The van der Waals surface area contributed by atoms with Crippen LogP contribution in [0.25, 0.3) is 0 Å². The summed E-state index contributed by atoms with van der Waals surface area (Å²) >= 11 is 0. The zero-order valence-corrected chi connectivity index (χ0v) is 5.24. The minimum Gasteiger partial charge on any atom is -0.399 e. The molecule has 0 aliphatic carbocycles. The minimum absolute atomic E-state index is 0.217. The molecular formula is C6H8N2O2. The van der Waals surface area contributed by atoms with Gasteiger partial charge in [0, 0.05) is 5.69 Å². The SMILES string of the molecule is Nc1ccc(OO)c(N)c1. The van der Waals surface area contributed by atoms with Gasteiger partial charge in [-0.15, -0.1) is 0 Å². The summed E-state index contributed by atoms with van der Waals surface area (Å²) in [6.07, 6.45) is 0. The van der Waals surface area contributed by atoms with Crippen LogP contribution in [-0.2, 0) is 0 Å². The predicted octanol–water partition coefficient (Wildman–Crippen LogP) is 0.703. The van der Waals surface area contributed by atoms with Gasteiger partial charge in [0.2, 0.25) is 0 Å². The Bertz CT molecular complexity index is 237. The van der Waals surface area contributed by atoms with Gasteiger partial charge in [0.15, 0.2) is 5.75 Å². The zero-order chi connectivity index (χ0) is 7.56. The smallest absolute Gasteiger partial charge is 0.188 e. The third-order valence-corrected chi connectivity index (χ3v) is 1.13. The fraction of sp³-hybridized carbons (Fsp3) is 0. The van der Waals surface area contributed by atoms with Crippen molar-refractivity contribution in [1.82, 2.24) is 0 Å². The molecule has 0 saturated carbocycles. The first kappa shape index (κ1) is 6.70. The van der Waals surface area contributed by atoms with Crippen LogP contribution < -0.4 is 16.4 Å². The number of hydrogen-bond donors (Lipinski definition) is 3. The number of rotatable bonds is 1. The second kappa shape index (κ2) is 2.45. The average Bonchev–Trinajstić information content (AvgIpc) is 1.88. The quantitative estimate of drug-likeness (QED) is 0.304. The molecule has 0 spiro atoms. The molecule has 0 bridgehead atoms. The number of nitrogen functional groups attached to an aromatic ring is 2. The maximum Gasteiger partial charge on any atom is 0.188 e. The van der Waals surface area contributed by atoms with E-state index in [-0.39, 0.29) is 5.75 Å². The summed E-state index contributed by atoms with van der Waals surface area (Å²) < 4.78 is 0. The standard InChI is InChI=1S/C6H8N2O2/c7-4-1-2-6(10-9)5(8)3-4/h1-3,9H,7-8H2. The molecule has 0 aliphatic rings. The van der Waals surface area contributed by atoms with Gasteiger partial charge in [-0.2, -0.15) is 0 Å². The molecule has 1 aromatic carbocycles. The van der Waals surface area contributed by atoms with E-state index in [1.54, 1.807) is 6.07 Å². The van der Waals surface area contributed by atoms with Crippen LogP contribution in [-0.4, -0.2) is 5.26 Å². The van der Waals surface area contributed by atoms with E-state index in [1.165, 1.54) is 12.1 Å². The monoisotopic (exact) mass is 140 g/mol. The van der Waals surface area contributed by atoms with Crippen molar-refractivity contribution < 1.29 is 10.1 Å². The van der Waals surface area contributed by atoms with Gasteiger partial charge in [0.25, 0.3) is 0 Å². The zero-order valence-electron chi connectivity index (χ0n) is 5.24. The van der Waals surface area contributed by atoms with Crippen molar-refractivity contribution in [2.45, 2.75) is 0 Å². The molecule has 0 radical (unpaired) electrons. The highest BCUT2D eigenvalue weighted by Gasteiger charge is 1.97. The molecular weight excluding hydrogens is 132 g/mol. The lowest BCUT2D eigenvalue weighted by molar-refractivity contribution is -0.136. The van der Waals surface area contributed by atoms with E-state index >= 15 is 0 Å². The Kier molecular flexibility index (Phi) is 1.64. The summed E-state index contributed by atoms with van der Waals surface area (Å²) in [6, 6.07) is 4.58. The Morgan fingerprint density at radius 2 is 2.00 bits per heavy atom. The lowest BCUT2D eigenvalue weighted by Crippen LogP contribution is -1.94. The highest BCUT2D eigenvalue weighted by atomic mass is 17.1. The van der Waals surface area contributed by atoms with E-state index in [9.17, 15) is 0 Å². The lowest BCUT2D eigenvalue weighted by Gasteiger charge is -2.00. The van der Waals surface area contributed by atoms with E-state index in [4.69, 9.17) is 16.7 Å². The first-order valence-electron chi connectivity index (χ1n) is 2.70. The third kappa shape index (κ3) is 1.11. The topological polar surface area (TPSA) is 81.5 Å². The molecule has 1 rings (SSSR count). The van der Waals surface area contributed by atoms with Crippen LogP contribution >= 0.6 is 0 Å². The predicted molar refractivity (Wildman–Crippen MR) is 38.5 cm³/mol. The van der Waals surface area contributed by atoms with Gasteiger partial charge in [-0.3, -0.25) is 0 Å². The number of benzene rings is 1. The van der Waals surface area contributed by atoms with Crippen LogP contribution in [0.3, 0.4) is 0 Å². The minimum atomic E-state index is 0.217. The van der Waals surface area contributed by atoms with E-state index in [1.807, 2.05) is 0 Å². The third-order valence-electron chi connectivity index (χ3n) is 1.13. The molecule has 0 heterocycles. The summed E-state index contributed by atoms with van der Waals surface area (Å²) in [5, 5.41) is 8.19. The Labute approximate surface area is 57.9 Å². The fourth-order valence-corrected chi connectivity index (χ4v) is 0.650. The highest BCUT2D eigenvalue weighted by Crippen LogP contribution is 2.22. The summed E-state index contributed by atoms with van der Waals surface area (Å²) in [5.74, 6) is 0.217. The van der Waals surface area contributed by atoms with Gasteiger partial charge in [-0.1, -0.05) is 0 Å². The van der Waals surface area contributed by atoms with Gasteiger partial charge in [0.1, 0.15) is 0 Å². The molecule has 1 aromatic rings. The van der Waals surface area contributed by atoms with Crippen molar-refractivity contribution in [3.63, 3.8) is 0 Å². The first-order chi connectivity index (χ1) is 4.74. The van der Waals surface area contributed by atoms with E-state index in [0.717, 1.165) is 0 Å². The van der Waals surface area contributed by atoms with Crippen LogP contribution in [0.15, 0.2) is 18.2 Å². The molecule has 0 saturated heterocycles. The number of anilines is 2.